The zero-order chi connectivity index (χ0) is 65.9. The lowest BCUT2D eigenvalue weighted by Crippen LogP contribution is -2.50. The summed E-state index contributed by atoms with van der Waals surface area (Å²) in [6, 6.07) is 12.8. The van der Waals surface area contributed by atoms with Crippen molar-refractivity contribution in [2.24, 2.45) is 15.3 Å². The third kappa shape index (κ3) is 27.0. The van der Waals surface area contributed by atoms with Gasteiger partial charge in [0.15, 0.2) is 0 Å². The van der Waals surface area contributed by atoms with E-state index in [-0.39, 0.29) is 69.3 Å². The van der Waals surface area contributed by atoms with Crippen LogP contribution in [-0.4, -0.2) is 267 Å². The molecular formula is C61H83F2IN16O12. The fourth-order valence-corrected chi connectivity index (χ4v) is 10.6. The number of nitrogens with zero attached hydrogens (tertiary/aromatic N) is 11. The van der Waals surface area contributed by atoms with E-state index >= 15 is 0 Å². The third-order valence-corrected chi connectivity index (χ3v) is 16.0. The lowest BCUT2D eigenvalue weighted by Gasteiger charge is -2.34. The zero-order valence-corrected chi connectivity index (χ0v) is 53.7. The highest BCUT2D eigenvalue weighted by atomic mass is 127. The van der Waals surface area contributed by atoms with E-state index in [9.17, 15) is 52.2 Å². The summed E-state index contributed by atoms with van der Waals surface area (Å²) in [5.74, 6) is -3.27. The van der Waals surface area contributed by atoms with Crippen LogP contribution in [-0.2, 0) is 43.0 Å². The number of piperazine rings is 1. The largest absolute Gasteiger partial charge is 0.494 e. The highest BCUT2D eigenvalue weighted by Crippen LogP contribution is 2.32. The average molecular weight is 1400 g/mol. The number of hydrogen-bond donors (Lipinski definition) is 6. The van der Waals surface area contributed by atoms with Crippen molar-refractivity contribution in [2.75, 3.05) is 138 Å². The van der Waals surface area contributed by atoms with Gasteiger partial charge in [0.25, 0.3) is 24.8 Å². The van der Waals surface area contributed by atoms with Crippen molar-refractivity contribution >= 4 is 101 Å². The van der Waals surface area contributed by atoms with E-state index in [0.29, 0.717) is 127 Å². The number of terminal acetylenes is 1. The van der Waals surface area contributed by atoms with Gasteiger partial charge in [0.1, 0.15) is 25.9 Å². The van der Waals surface area contributed by atoms with Gasteiger partial charge in [-0.3, -0.25) is 78.7 Å². The van der Waals surface area contributed by atoms with Crippen LogP contribution in [0.5, 0.6) is 5.75 Å². The van der Waals surface area contributed by atoms with Gasteiger partial charge >= 0.3 is 5.97 Å². The van der Waals surface area contributed by atoms with Crippen LogP contribution < -0.4 is 31.6 Å². The Morgan fingerprint density at radius 3 is 2.09 bits per heavy atom. The lowest BCUT2D eigenvalue weighted by molar-refractivity contribution is -0.139. The van der Waals surface area contributed by atoms with E-state index in [1.165, 1.54) is 18.5 Å². The van der Waals surface area contributed by atoms with Crippen LogP contribution in [0.3, 0.4) is 0 Å². The summed E-state index contributed by atoms with van der Waals surface area (Å²) in [6.45, 7) is 6.10. The summed E-state index contributed by atoms with van der Waals surface area (Å²) < 4.78 is 45.1. The molecule has 0 aliphatic carbocycles. The molecule has 5 amide bonds. The average Bonchev–Trinajstić information content (AvgIpc) is 1.22. The summed E-state index contributed by atoms with van der Waals surface area (Å²) in [5, 5.41) is 28.2. The van der Waals surface area contributed by atoms with Gasteiger partial charge in [-0.1, -0.05) is 24.5 Å². The molecule has 2 atom stereocenters. The lowest BCUT2D eigenvalue weighted by atomic mass is 10.1. The Morgan fingerprint density at radius 1 is 0.761 bits per heavy atom. The minimum absolute atomic E-state index is 0.000288. The standard InChI is InChI=1S/C61H83F2IN16O12/c1-2-50-35-61(62,63)41-80(50)58(86)38-66-60(89)52-17-18-65-54-15-14-51(34-53(52)54)92-33-7-6-20-74-29-31-79(32-30-74)57(85)9-5-3-4-8-55(83)73-69-37-49(16-19-67-70-42-71-68-36-47-10-12-48(64)13-11-47)72-56(84)39-75-21-22-76(40-59(87)88)24-26-78(44-91-46-82)28-27-77(25-23-75)43-90-45-81/h1,10-15,17-19,34,36-37,45-46,49-50,70-71H,3-9,16,20-33,35,38-44H2,(H,66,89)(H,72,84)(H,73,83)(H,87,88)/b67-19+,68-36+,69-37-/t49?,50-/m0/s1. The molecule has 500 valence electrons. The van der Waals surface area contributed by atoms with Gasteiger partial charge in [-0.2, -0.15) is 15.3 Å². The second-order valence-corrected chi connectivity index (χ2v) is 23.4. The zero-order valence-electron chi connectivity index (χ0n) is 51.5. The van der Waals surface area contributed by atoms with Crippen molar-refractivity contribution in [3.63, 3.8) is 0 Å². The summed E-state index contributed by atoms with van der Waals surface area (Å²) in [6.07, 6.45) is 15.0. The Morgan fingerprint density at radius 2 is 1.41 bits per heavy atom. The van der Waals surface area contributed by atoms with E-state index in [2.05, 4.69) is 80.6 Å². The molecule has 1 aromatic heterocycles. The topological polar surface area (TPSA) is 317 Å². The SMILES string of the molecule is C#C[C@H]1CC(F)(F)CN1C(=O)CNC(=O)c1ccnc2ccc(OCCCCN3CCN(C(=O)CCCCCC(=O)N/N=C\C(C/C=N/NCN/N=C/c4ccc(I)cc4)NC(=O)CN4CCN(COC=O)CCN(COC=O)CCN(CC(=O)O)CC4)CC3)cc12. The van der Waals surface area contributed by atoms with Crippen molar-refractivity contribution in [2.45, 2.75) is 75.8 Å². The van der Waals surface area contributed by atoms with Crippen LogP contribution in [0, 0.1) is 15.9 Å². The molecule has 3 saturated heterocycles. The van der Waals surface area contributed by atoms with Gasteiger partial charge in [-0.15, -0.1) is 6.42 Å². The molecule has 31 heteroatoms. The number of rotatable bonds is 35. The number of benzene rings is 2. The van der Waals surface area contributed by atoms with Gasteiger partial charge in [0, 0.05) is 132 Å². The molecule has 3 aliphatic rings. The first-order chi connectivity index (χ1) is 44.5. The van der Waals surface area contributed by atoms with Crippen LogP contribution in [0.4, 0.5) is 8.78 Å². The maximum atomic E-state index is 13.9. The number of carboxylic acid groups (broad SMARTS) is 1. The predicted octanol–water partition coefficient (Wildman–Crippen LogP) is 1.39. The van der Waals surface area contributed by atoms with E-state index < -0.39 is 55.3 Å². The van der Waals surface area contributed by atoms with Crippen molar-refractivity contribution in [1.82, 2.24) is 66.2 Å². The number of alkyl halides is 2. The van der Waals surface area contributed by atoms with E-state index in [0.717, 1.165) is 46.5 Å². The van der Waals surface area contributed by atoms with Crippen LogP contribution in [0.2, 0.25) is 0 Å². The Kier molecular flexibility index (Phi) is 31.8. The first-order valence-electron chi connectivity index (χ1n) is 30.5. The molecule has 0 radical (unpaired) electrons. The summed E-state index contributed by atoms with van der Waals surface area (Å²) in [5.41, 5.74) is 9.95. The molecule has 6 rings (SSSR count). The maximum absolute atomic E-state index is 13.9. The van der Waals surface area contributed by atoms with Crippen LogP contribution in [0.15, 0.2) is 70.0 Å². The Labute approximate surface area is 547 Å². The fraction of sp³-hybridized carbons (Fsp3) is 0.541. The number of aromatic nitrogens is 1. The second-order valence-electron chi connectivity index (χ2n) is 22.1. The number of amides is 5. The molecule has 3 fully saturated rings. The number of carbonyl (C=O) groups excluding carboxylic acids is 7. The molecule has 3 aliphatic heterocycles. The van der Waals surface area contributed by atoms with Gasteiger partial charge in [-0.25, -0.2) is 14.2 Å². The number of hydrogen-bond acceptors (Lipinski definition) is 22. The van der Waals surface area contributed by atoms with Gasteiger partial charge in [0.2, 0.25) is 23.6 Å². The molecule has 4 heterocycles. The highest BCUT2D eigenvalue weighted by molar-refractivity contribution is 14.1. The van der Waals surface area contributed by atoms with Crippen LogP contribution in [0.1, 0.15) is 73.7 Å². The number of hydrazone groups is 3. The highest BCUT2D eigenvalue weighted by Gasteiger charge is 2.46. The Hall–Kier alpha value is -8.03. The quantitative estimate of drug-likeness (QED) is 0.00922. The minimum Gasteiger partial charge on any atom is -0.494 e. The monoisotopic (exact) mass is 1400 g/mol. The van der Waals surface area contributed by atoms with Crippen molar-refractivity contribution in [3.05, 3.63) is 69.4 Å². The number of carbonyl (C=O) groups is 8. The molecule has 2 aromatic carbocycles. The van der Waals surface area contributed by atoms with E-state index in [4.69, 9.17) is 20.6 Å². The number of pyridine rings is 1. The number of halogens is 3. The molecule has 6 N–H and O–H groups in total. The number of nitrogens with one attached hydrogen (secondary N) is 5. The van der Waals surface area contributed by atoms with Gasteiger partial charge in [0.05, 0.1) is 62.2 Å². The predicted molar refractivity (Wildman–Crippen MR) is 346 cm³/mol. The number of likely N-dealkylation sites (tertiary alicyclic amines) is 1. The number of unbranched alkanes of at least 4 members (excludes halogenated alkanes) is 3. The fourth-order valence-electron chi connectivity index (χ4n) is 10.2. The Bertz CT molecular complexity index is 3010. The smallest absolute Gasteiger partial charge is 0.317 e. The molecular weight excluding hydrogens is 1310 g/mol. The summed E-state index contributed by atoms with van der Waals surface area (Å²) in [4.78, 5) is 116. The molecule has 92 heavy (non-hydrogen) atoms. The first kappa shape index (κ1) is 73.0. The van der Waals surface area contributed by atoms with E-state index in [1.807, 2.05) is 43.9 Å². The molecule has 0 bridgehead atoms. The molecule has 3 aromatic rings. The van der Waals surface area contributed by atoms with Crippen molar-refractivity contribution in [1.29, 1.82) is 0 Å². The normalized spacial score (nSPS) is 17.7. The number of ether oxygens (including phenoxy) is 3. The first-order valence-corrected chi connectivity index (χ1v) is 31.6. The number of aliphatic carboxylic acids is 1. The van der Waals surface area contributed by atoms with Crippen LogP contribution in [0.25, 0.3) is 10.9 Å². The molecule has 1 unspecified atom stereocenters. The maximum Gasteiger partial charge on any atom is 0.317 e. The number of carboxylic acids is 1. The van der Waals surface area contributed by atoms with E-state index in [1.54, 1.807) is 35.5 Å². The molecule has 28 nitrogen and oxygen atoms in total. The Balaban J connectivity index is 0.895. The molecule has 0 spiro atoms. The van der Waals surface area contributed by atoms with Crippen molar-refractivity contribution in [3.8, 4) is 18.1 Å². The third-order valence-electron chi connectivity index (χ3n) is 15.3. The van der Waals surface area contributed by atoms with Crippen molar-refractivity contribution < 1.29 is 66.5 Å². The molecule has 0 saturated carbocycles. The summed E-state index contributed by atoms with van der Waals surface area (Å²) >= 11 is 2.23. The number of fused-ring (bicyclic) bond motifs is 1. The van der Waals surface area contributed by atoms with Gasteiger partial charge in [-0.05, 0) is 96.8 Å². The van der Waals surface area contributed by atoms with Crippen LogP contribution >= 0.6 is 22.6 Å². The minimum atomic E-state index is -3.09. The second kappa shape index (κ2) is 40.1. The summed E-state index contributed by atoms with van der Waals surface area (Å²) in [7, 11) is 0. The van der Waals surface area contributed by atoms with Gasteiger partial charge < -0.3 is 39.8 Å².